The van der Waals surface area contributed by atoms with Crippen molar-refractivity contribution in [3.8, 4) is 0 Å². The molecular weight excluding hydrogens is 269 g/mol. The summed E-state index contributed by atoms with van der Waals surface area (Å²) in [7, 11) is 4.02. The van der Waals surface area contributed by atoms with Crippen molar-refractivity contribution in [3.05, 3.63) is 35.6 Å². The van der Waals surface area contributed by atoms with Crippen molar-refractivity contribution in [2.75, 3.05) is 27.2 Å². The third-order valence-corrected chi connectivity index (χ3v) is 3.88. The third kappa shape index (κ3) is 3.60. The van der Waals surface area contributed by atoms with Gasteiger partial charge in [-0.2, -0.15) is 0 Å². The summed E-state index contributed by atoms with van der Waals surface area (Å²) in [6, 6.07) is 6.48. The van der Waals surface area contributed by atoms with Gasteiger partial charge >= 0.3 is 0 Å². The van der Waals surface area contributed by atoms with E-state index in [-0.39, 0.29) is 23.9 Å². The first kappa shape index (κ1) is 15.9. The second kappa shape index (κ2) is 6.54. The number of nitrogens with zero attached hydrogens (tertiary/aromatic N) is 2. The first-order chi connectivity index (χ1) is 9.90. The molecule has 2 unspecified atom stereocenters. The van der Waals surface area contributed by atoms with E-state index in [2.05, 4.69) is 24.1 Å². The first-order valence-electron chi connectivity index (χ1n) is 7.35. The molecule has 0 saturated carbocycles. The third-order valence-electron chi connectivity index (χ3n) is 3.88. The fourth-order valence-corrected chi connectivity index (χ4v) is 2.81. The minimum absolute atomic E-state index is 0.102. The predicted molar refractivity (Wildman–Crippen MR) is 81.2 cm³/mol. The van der Waals surface area contributed by atoms with Crippen LogP contribution in [0.25, 0.3) is 0 Å². The summed E-state index contributed by atoms with van der Waals surface area (Å²) in [6.45, 7) is 5.39. The Hall–Kier alpha value is -1.46. The molecule has 116 valence electrons. The summed E-state index contributed by atoms with van der Waals surface area (Å²) in [5.74, 6) is 0.187. The van der Waals surface area contributed by atoms with Gasteiger partial charge in [-0.05, 0) is 37.7 Å². The van der Waals surface area contributed by atoms with Gasteiger partial charge in [0.1, 0.15) is 12.0 Å². The van der Waals surface area contributed by atoms with E-state index in [1.54, 1.807) is 12.1 Å². The topological polar surface area (TPSA) is 35.6 Å². The van der Waals surface area contributed by atoms with E-state index in [1.807, 2.05) is 19.0 Å². The molecule has 0 aromatic heterocycles. The minimum atomic E-state index is -0.261. The fourth-order valence-electron chi connectivity index (χ4n) is 2.81. The van der Waals surface area contributed by atoms with Crippen molar-refractivity contribution in [1.29, 1.82) is 0 Å². The SMILES string of the molecule is CC(C)C(CN(C)C)N1C(=O)CNC1c1ccc(F)cc1. The maximum Gasteiger partial charge on any atom is 0.238 e. The molecule has 2 rings (SSSR count). The second-order valence-corrected chi connectivity index (χ2v) is 6.21. The van der Waals surface area contributed by atoms with E-state index in [0.29, 0.717) is 12.5 Å². The normalized spacial score (nSPS) is 20.6. The number of carbonyl (C=O) groups excluding carboxylic acids is 1. The van der Waals surface area contributed by atoms with Crippen molar-refractivity contribution in [3.63, 3.8) is 0 Å². The number of hydrogen-bond acceptors (Lipinski definition) is 3. The predicted octanol–water partition coefficient (Wildman–Crippen LogP) is 1.84. The van der Waals surface area contributed by atoms with E-state index in [9.17, 15) is 9.18 Å². The molecule has 0 radical (unpaired) electrons. The average molecular weight is 293 g/mol. The summed E-state index contributed by atoms with van der Waals surface area (Å²) in [5, 5.41) is 3.24. The van der Waals surface area contributed by atoms with Crippen LogP contribution in [0, 0.1) is 11.7 Å². The highest BCUT2D eigenvalue weighted by molar-refractivity contribution is 5.81. The summed E-state index contributed by atoms with van der Waals surface area (Å²) in [5.41, 5.74) is 0.923. The van der Waals surface area contributed by atoms with Crippen LogP contribution >= 0.6 is 0 Å². The van der Waals surface area contributed by atoms with Gasteiger partial charge in [-0.1, -0.05) is 26.0 Å². The Morgan fingerprint density at radius 2 is 1.95 bits per heavy atom. The summed E-state index contributed by atoms with van der Waals surface area (Å²) in [4.78, 5) is 16.3. The Bertz CT molecular complexity index is 487. The monoisotopic (exact) mass is 293 g/mol. The number of nitrogens with one attached hydrogen (secondary N) is 1. The highest BCUT2D eigenvalue weighted by Gasteiger charge is 2.38. The highest BCUT2D eigenvalue weighted by Crippen LogP contribution is 2.28. The Kier molecular flexibility index (Phi) is 4.96. The van der Waals surface area contributed by atoms with Crippen LogP contribution in [0.1, 0.15) is 25.6 Å². The van der Waals surface area contributed by atoms with Crippen molar-refractivity contribution >= 4 is 5.91 Å². The van der Waals surface area contributed by atoms with Crippen molar-refractivity contribution < 1.29 is 9.18 Å². The lowest BCUT2D eigenvalue weighted by atomic mass is 10.0. The number of rotatable bonds is 5. The van der Waals surface area contributed by atoms with Crippen molar-refractivity contribution in [2.45, 2.75) is 26.1 Å². The quantitative estimate of drug-likeness (QED) is 0.900. The molecule has 1 aromatic carbocycles. The number of benzene rings is 1. The largest absolute Gasteiger partial charge is 0.317 e. The molecule has 0 bridgehead atoms. The molecule has 5 heteroatoms. The van der Waals surface area contributed by atoms with Crippen LogP contribution in [0.5, 0.6) is 0 Å². The number of halogens is 1. The van der Waals surface area contributed by atoms with Gasteiger partial charge in [0.15, 0.2) is 0 Å². The van der Waals surface area contributed by atoms with Gasteiger partial charge in [-0.3, -0.25) is 10.1 Å². The molecular formula is C16H24FN3O. The van der Waals surface area contributed by atoms with Crippen molar-refractivity contribution in [1.82, 2.24) is 15.1 Å². The Morgan fingerprint density at radius 1 is 1.33 bits per heavy atom. The Morgan fingerprint density at radius 3 is 2.48 bits per heavy atom. The number of amides is 1. The van der Waals surface area contributed by atoms with Gasteiger partial charge in [-0.25, -0.2) is 4.39 Å². The number of hydrogen-bond donors (Lipinski definition) is 1. The summed E-state index contributed by atoms with van der Waals surface area (Å²) >= 11 is 0. The van der Waals surface area contributed by atoms with Gasteiger partial charge in [-0.15, -0.1) is 0 Å². The summed E-state index contributed by atoms with van der Waals surface area (Å²) < 4.78 is 13.1. The summed E-state index contributed by atoms with van der Waals surface area (Å²) in [6.07, 6.45) is -0.176. The van der Waals surface area contributed by atoms with Crippen molar-refractivity contribution in [2.24, 2.45) is 5.92 Å². The lowest BCUT2D eigenvalue weighted by Gasteiger charge is -2.37. The maximum absolute atomic E-state index is 13.1. The molecule has 1 saturated heterocycles. The van der Waals surface area contributed by atoms with Crippen LogP contribution in [0.4, 0.5) is 4.39 Å². The molecule has 1 aliphatic rings. The molecule has 21 heavy (non-hydrogen) atoms. The molecule has 1 fully saturated rings. The lowest BCUT2D eigenvalue weighted by molar-refractivity contribution is -0.131. The molecule has 1 aliphatic heterocycles. The highest BCUT2D eigenvalue weighted by atomic mass is 19.1. The molecule has 0 aliphatic carbocycles. The molecule has 4 nitrogen and oxygen atoms in total. The van der Waals surface area contributed by atoms with E-state index in [0.717, 1.165) is 12.1 Å². The van der Waals surface area contributed by atoms with E-state index >= 15 is 0 Å². The second-order valence-electron chi connectivity index (χ2n) is 6.21. The zero-order valence-corrected chi connectivity index (χ0v) is 13.1. The Balaban J connectivity index is 2.28. The van der Waals surface area contributed by atoms with Crippen LogP contribution in [0.3, 0.4) is 0 Å². The molecule has 2 atom stereocenters. The van der Waals surface area contributed by atoms with Crippen LogP contribution < -0.4 is 5.32 Å². The van der Waals surface area contributed by atoms with Gasteiger partial charge in [0, 0.05) is 12.6 Å². The van der Waals surface area contributed by atoms with Gasteiger partial charge in [0.05, 0.1) is 6.54 Å². The standard InChI is InChI=1S/C16H24FN3O/c1-11(2)14(10-19(3)4)20-15(21)9-18-16(20)12-5-7-13(17)8-6-12/h5-8,11,14,16,18H,9-10H2,1-4H3. The molecule has 0 spiro atoms. The maximum atomic E-state index is 13.1. The molecule has 1 aromatic rings. The minimum Gasteiger partial charge on any atom is -0.317 e. The smallest absolute Gasteiger partial charge is 0.238 e. The zero-order chi connectivity index (χ0) is 15.6. The van der Waals surface area contributed by atoms with E-state index in [4.69, 9.17) is 0 Å². The number of likely N-dealkylation sites (N-methyl/N-ethyl adjacent to an activating group) is 1. The van der Waals surface area contributed by atoms with Crippen LogP contribution in [-0.4, -0.2) is 48.9 Å². The lowest BCUT2D eigenvalue weighted by Crippen LogP contribution is -2.47. The first-order valence-corrected chi connectivity index (χ1v) is 7.35. The molecule has 1 N–H and O–H groups in total. The van der Waals surface area contributed by atoms with Crippen LogP contribution in [0.15, 0.2) is 24.3 Å². The molecule has 1 heterocycles. The van der Waals surface area contributed by atoms with Gasteiger partial charge in [0.25, 0.3) is 0 Å². The van der Waals surface area contributed by atoms with Crippen LogP contribution in [0.2, 0.25) is 0 Å². The number of carbonyl (C=O) groups is 1. The van der Waals surface area contributed by atoms with E-state index < -0.39 is 0 Å². The van der Waals surface area contributed by atoms with Crippen LogP contribution in [-0.2, 0) is 4.79 Å². The average Bonchev–Trinajstić information content (AvgIpc) is 2.78. The zero-order valence-electron chi connectivity index (χ0n) is 13.1. The fraction of sp³-hybridized carbons (Fsp3) is 0.562. The Labute approximate surface area is 125 Å². The van der Waals surface area contributed by atoms with Gasteiger partial charge in [0.2, 0.25) is 5.91 Å². The van der Waals surface area contributed by atoms with Gasteiger partial charge < -0.3 is 9.80 Å². The molecule has 1 amide bonds. The van der Waals surface area contributed by atoms with E-state index in [1.165, 1.54) is 12.1 Å².